The second kappa shape index (κ2) is 8.39. The summed E-state index contributed by atoms with van der Waals surface area (Å²) in [5.41, 5.74) is 0.282. The van der Waals surface area contributed by atoms with Crippen LogP contribution in [0.3, 0.4) is 0 Å². The number of hydrogen-bond acceptors (Lipinski definition) is 4. The minimum atomic E-state index is -3.61. The maximum absolute atomic E-state index is 12.9. The quantitative estimate of drug-likeness (QED) is 0.797. The molecule has 2 N–H and O–H groups in total. The molecule has 0 aromatic heterocycles. The lowest BCUT2D eigenvalue weighted by atomic mass is 10.1. The van der Waals surface area contributed by atoms with Gasteiger partial charge in [-0.05, 0) is 50.3 Å². The van der Waals surface area contributed by atoms with Crippen molar-refractivity contribution >= 4 is 21.9 Å². The third-order valence-corrected chi connectivity index (χ3v) is 7.31. The molecule has 0 spiro atoms. The van der Waals surface area contributed by atoms with E-state index in [1.807, 2.05) is 0 Å². The number of sulfonamides is 1. The van der Waals surface area contributed by atoms with Crippen molar-refractivity contribution in [1.82, 2.24) is 9.62 Å². The number of aliphatic carboxylic acids is 1. The highest BCUT2D eigenvalue weighted by atomic mass is 32.2. The van der Waals surface area contributed by atoms with Gasteiger partial charge in [0.05, 0.1) is 10.8 Å². The fourth-order valence-electron chi connectivity index (χ4n) is 3.83. The molecule has 1 aliphatic heterocycles. The highest BCUT2D eigenvalue weighted by Crippen LogP contribution is 2.26. The lowest BCUT2D eigenvalue weighted by Gasteiger charge is -2.20. The number of carboxylic acids is 1. The third-order valence-electron chi connectivity index (χ3n) is 5.42. The summed E-state index contributed by atoms with van der Waals surface area (Å²) in [6.07, 6.45) is 5.35. The first-order valence-electron chi connectivity index (χ1n) is 9.52. The average Bonchev–Trinajstić information content (AvgIpc) is 2.94. The van der Waals surface area contributed by atoms with Gasteiger partial charge in [-0.2, -0.15) is 4.31 Å². The fraction of sp³-hybridized carbons (Fsp3) is 0.579. The molecule has 2 aliphatic rings. The van der Waals surface area contributed by atoms with Crippen molar-refractivity contribution in [3.63, 3.8) is 0 Å². The van der Waals surface area contributed by atoms with E-state index in [2.05, 4.69) is 5.32 Å². The molecule has 0 unspecified atom stereocenters. The van der Waals surface area contributed by atoms with Gasteiger partial charge in [0.25, 0.3) is 5.91 Å². The van der Waals surface area contributed by atoms with Gasteiger partial charge in [0.1, 0.15) is 0 Å². The van der Waals surface area contributed by atoms with Crippen LogP contribution in [-0.4, -0.2) is 48.8 Å². The van der Waals surface area contributed by atoms with Crippen LogP contribution in [0.5, 0.6) is 0 Å². The molecule has 0 radical (unpaired) electrons. The number of hydrogen-bond donors (Lipinski definition) is 2. The monoisotopic (exact) mass is 394 g/mol. The Balaban J connectivity index is 1.71. The molecule has 1 saturated heterocycles. The minimum Gasteiger partial charge on any atom is -0.481 e. The SMILES string of the molecule is O=C(N[C@H]1CC[C@@H](C(=O)O)C1)c1cccc(S(=O)(=O)N2CCCCCC2)c1. The molecule has 2 atom stereocenters. The lowest BCUT2D eigenvalue weighted by Crippen LogP contribution is -2.34. The Labute approximate surface area is 159 Å². The van der Waals surface area contributed by atoms with Crippen molar-refractivity contribution in [3.8, 4) is 0 Å². The molecule has 1 amide bonds. The lowest BCUT2D eigenvalue weighted by molar-refractivity contribution is -0.141. The number of benzene rings is 1. The van der Waals surface area contributed by atoms with Gasteiger partial charge in [-0.15, -0.1) is 0 Å². The highest BCUT2D eigenvalue weighted by Gasteiger charge is 2.31. The van der Waals surface area contributed by atoms with Crippen molar-refractivity contribution in [2.24, 2.45) is 5.92 Å². The molecule has 27 heavy (non-hydrogen) atoms. The molecule has 1 aromatic carbocycles. The Bertz CT molecular complexity index is 800. The summed E-state index contributed by atoms with van der Waals surface area (Å²) in [6.45, 7) is 1.02. The largest absolute Gasteiger partial charge is 0.481 e. The number of carboxylic acid groups (broad SMARTS) is 1. The Morgan fingerprint density at radius 1 is 1.07 bits per heavy atom. The van der Waals surface area contributed by atoms with Crippen LogP contribution in [0.4, 0.5) is 0 Å². The van der Waals surface area contributed by atoms with E-state index in [-0.39, 0.29) is 22.4 Å². The number of nitrogens with one attached hydrogen (secondary N) is 1. The Morgan fingerprint density at radius 3 is 2.41 bits per heavy atom. The van der Waals surface area contributed by atoms with Crippen LogP contribution in [0.1, 0.15) is 55.3 Å². The maximum Gasteiger partial charge on any atom is 0.306 e. The van der Waals surface area contributed by atoms with Crippen LogP contribution in [0, 0.1) is 5.92 Å². The van der Waals surface area contributed by atoms with E-state index >= 15 is 0 Å². The maximum atomic E-state index is 12.9. The second-order valence-corrected chi connectivity index (χ2v) is 9.30. The first-order chi connectivity index (χ1) is 12.9. The summed E-state index contributed by atoms with van der Waals surface area (Å²) in [6, 6.07) is 5.91. The van der Waals surface area contributed by atoms with Gasteiger partial charge in [-0.3, -0.25) is 9.59 Å². The Hall–Kier alpha value is -1.93. The van der Waals surface area contributed by atoms with Crippen molar-refractivity contribution in [3.05, 3.63) is 29.8 Å². The van der Waals surface area contributed by atoms with Crippen LogP contribution in [0.25, 0.3) is 0 Å². The van der Waals surface area contributed by atoms with E-state index in [0.717, 1.165) is 25.7 Å². The summed E-state index contributed by atoms with van der Waals surface area (Å²) >= 11 is 0. The smallest absolute Gasteiger partial charge is 0.306 e. The van der Waals surface area contributed by atoms with Gasteiger partial charge in [-0.25, -0.2) is 8.42 Å². The van der Waals surface area contributed by atoms with Gasteiger partial charge < -0.3 is 10.4 Å². The van der Waals surface area contributed by atoms with Gasteiger partial charge in [0.2, 0.25) is 10.0 Å². The molecular weight excluding hydrogens is 368 g/mol. The molecule has 8 heteroatoms. The van der Waals surface area contributed by atoms with E-state index < -0.39 is 21.9 Å². The Morgan fingerprint density at radius 2 is 1.78 bits per heavy atom. The molecule has 7 nitrogen and oxygen atoms in total. The molecule has 1 aromatic rings. The van der Waals surface area contributed by atoms with Crippen LogP contribution in [0.2, 0.25) is 0 Å². The highest BCUT2D eigenvalue weighted by molar-refractivity contribution is 7.89. The minimum absolute atomic E-state index is 0.131. The fourth-order valence-corrected chi connectivity index (χ4v) is 5.40. The van der Waals surface area contributed by atoms with Crippen LogP contribution < -0.4 is 5.32 Å². The third kappa shape index (κ3) is 4.68. The number of amides is 1. The first kappa shape index (κ1) is 19.8. The van der Waals surface area contributed by atoms with Crippen LogP contribution in [0.15, 0.2) is 29.2 Å². The summed E-state index contributed by atoms with van der Waals surface area (Å²) in [5, 5.41) is 11.9. The first-order valence-corrected chi connectivity index (χ1v) is 11.0. The molecule has 3 rings (SSSR count). The predicted octanol–water partition coefficient (Wildman–Crippen LogP) is 2.23. The summed E-state index contributed by atoms with van der Waals surface area (Å²) in [7, 11) is -3.61. The van der Waals surface area contributed by atoms with Crippen LogP contribution in [-0.2, 0) is 14.8 Å². The second-order valence-electron chi connectivity index (χ2n) is 7.36. The zero-order valence-corrected chi connectivity index (χ0v) is 16.1. The Kier molecular flexibility index (Phi) is 6.16. The molecule has 0 bridgehead atoms. The van der Waals surface area contributed by atoms with E-state index in [9.17, 15) is 18.0 Å². The summed E-state index contributed by atoms with van der Waals surface area (Å²) in [4.78, 5) is 23.7. The molecule has 2 fully saturated rings. The number of nitrogens with zero attached hydrogens (tertiary/aromatic N) is 1. The van der Waals surface area contributed by atoms with Gasteiger partial charge in [0, 0.05) is 24.7 Å². The summed E-state index contributed by atoms with van der Waals surface area (Å²) < 4.78 is 27.3. The number of carbonyl (C=O) groups is 2. The predicted molar refractivity (Wildman–Crippen MR) is 99.9 cm³/mol. The van der Waals surface area contributed by atoms with Crippen LogP contribution >= 0.6 is 0 Å². The number of rotatable bonds is 5. The molecule has 1 aliphatic carbocycles. The van der Waals surface area contributed by atoms with Gasteiger partial charge >= 0.3 is 5.97 Å². The van der Waals surface area contributed by atoms with Crippen molar-refractivity contribution < 1.29 is 23.1 Å². The standard InChI is InChI=1S/C19H26N2O5S/c22-18(20-16-9-8-15(12-16)19(23)24)14-6-5-7-17(13-14)27(25,26)21-10-3-1-2-4-11-21/h5-7,13,15-16H,1-4,8-12H2,(H,20,22)(H,23,24)/t15-,16+/m1/s1. The van der Waals surface area contributed by atoms with Crippen molar-refractivity contribution in [2.45, 2.75) is 55.9 Å². The average molecular weight is 394 g/mol. The van der Waals surface area contributed by atoms with Gasteiger partial charge in [-0.1, -0.05) is 18.9 Å². The van der Waals surface area contributed by atoms with E-state index in [1.54, 1.807) is 12.1 Å². The van der Waals surface area contributed by atoms with E-state index in [0.29, 0.717) is 32.4 Å². The molecule has 1 saturated carbocycles. The molecule has 1 heterocycles. The molecular formula is C19H26N2O5S. The topological polar surface area (TPSA) is 104 Å². The van der Waals surface area contributed by atoms with Crippen molar-refractivity contribution in [2.75, 3.05) is 13.1 Å². The summed E-state index contributed by atoms with van der Waals surface area (Å²) in [5.74, 6) is -1.62. The molecule has 148 valence electrons. The van der Waals surface area contributed by atoms with Gasteiger partial charge in [0.15, 0.2) is 0 Å². The van der Waals surface area contributed by atoms with Crippen molar-refractivity contribution in [1.29, 1.82) is 0 Å². The number of carbonyl (C=O) groups excluding carboxylic acids is 1. The van der Waals surface area contributed by atoms with E-state index in [1.165, 1.54) is 16.4 Å². The van der Waals surface area contributed by atoms with E-state index in [4.69, 9.17) is 5.11 Å². The zero-order valence-electron chi connectivity index (χ0n) is 15.3. The normalized spacial score (nSPS) is 24.3. The zero-order chi connectivity index (χ0) is 19.4.